The van der Waals surface area contributed by atoms with Gasteiger partial charge in [-0.25, -0.2) is 0 Å². The zero-order chi connectivity index (χ0) is 71.4. The average Bonchev–Trinajstić information content (AvgIpc) is 0.698. The van der Waals surface area contributed by atoms with E-state index in [0.717, 1.165) is 74.4 Å². The van der Waals surface area contributed by atoms with Gasteiger partial charge >= 0.3 is 0 Å². The molecule has 0 radical (unpaired) electrons. The maximum atomic E-state index is 7.58. The molecule has 0 aromatic heterocycles. The van der Waals surface area contributed by atoms with Crippen LogP contribution < -0.4 is 51.7 Å². The molecule has 2 aliphatic carbocycles. The van der Waals surface area contributed by atoms with Crippen LogP contribution in [-0.4, -0.2) is 25.5 Å². The Bertz CT molecular complexity index is 5570. The summed E-state index contributed by atoms with van der Waals surface area (Å²) in [6, 6.07) is 116. The Kier molecular flexibility index (Phi) is 16.1. The Morgan fingerprint density at radius 1 is 0.406 bits per heavy atom. The SMILES string of the molecule is CC(C)(C)c1ccc(-c2cccc(-c3ccc(C(C)(C)C)cc3)c2N2c3cc4c(cc3B3c5ccccc5OC5=CC(N(c6ccccc6)c6ccccc6)=CC2C35)B2c3ccccc3N(C3C=CC=CC3)c3cc(N(c5ccc(-c6ccccc6)cc5)c5cccc(-c6ccccc6)c5)cc(c32)S4)cc1. The summed E-state index contributed by atoms with van der Waals surface area (Å²) in [6.45, 7) is 13.7. The van der Waals surface area contributed by atoms with Crippen molar-refractivity contribution in [3.8, 4) is 50.3 Å². The molecule has 19 rings (SSSR count). The summed E-state index contributed by atoms with van der Waals surface area (Å²) in [6.07, 6.45) is 15.0. The van der Waals surface area contributed by atoms with Crippen molar-refractivity contribution in [3.05, 3.63) is 368 Å². The Hall–Kier alpha value is -11.7. The van der Waals surface area contributed by atoms with Crippen molar-refractivity contribution in [2.24, 2.45) is 0 Å². The van der Waals surface area contributed by atoms with Gasteiger partial charge in [-0.1, -0.05) is 319 Å². The molecule has 3 atom stereocenters. The van der Waals surface area contributed by atoms with Gasteiger partial charge in [0.15, 0.2) is 0 Å². The number of ether oxygens (including phenoxy) is 1. The van der Waals surface area contributed by atoms with Crippen LogP contribution in [0.1, 0.15) is 59.1 Å². The molecule has 8 heteroatoms. The third-order valence-electron chi connectivity index (χ3n) is 22.6. The van der Waals surface area contributed by atoms with Crippen LogP contribution >= 0.6 is 11.8 Å². The highest BCUT2D eigenvalue weighted by Crippen LogP contribution is 2.55. The van der Waals surface area contributed by atoms with Crippen LogP contribution in [0.15, 0.2) is 367 Å². The lowest BCUT2D eigenvalue weighted by atomic mass is 9.28. The summed E-state index contributed by atoms with van der Waals surface area (Å²) < 4.78 is 7.58. The van der Waals surface area contributed by atoms with Gasteiger partial charge < -0.3 is 24.3 Å². The first-order valence-corrected chi connectivity index (χ1v) is 38.3. The molecule has 0 saturated carbocycles. The van der Waals surface area contributed by atoms with Crippen molar-refractivity contribution in [2.45, 2.75) is 86.5 Å². The van der Waals surface area contributed by atoms with Crippen LogP contribution in [0.2, 0.25) is 5.82 Å². The molecule has 5 nitrogen and oxygen atoms in total. The summed E-state index contributed by atoms with van der Waals surface area (Å²) in [4.78, 5) is 12.9. The first kappa shape index (κ1) is 65.1. The summed E-state index contributed by atoms with van der Waals surface area (Å²) in [7, 11) is 0. The predicted molar refractivity (Wildman–Crippen MR) is 450 cm³/mol. The molecule has 0 spiro atoms. The van der Waals surface area contributed by atoms with Gasteiger partial charge in [0.05, 0.1) is 17.8 Å². The fourth-order valence-corrected chi connectivity index (χ4v) is 18.7. The maximum Gasteiger partial charge on any atom is 0.249 e. The lowest BCUT2D eigenvalue weighted by molar-refractivity contribution is 0.385. The van der Waals surface area contributed by atoms with Gasteiger partial charge in [-0.05, 0) is 169 Å². The summed E-state index contributed by atoms with van der Waals surface area (Å²) in [5.74, 6) is 1.70. The molecule has 13 aromatic rings. The molecule has 6 aliphatic rings. The second kappa shape index (κ2) is 26.2. The van der Waals surface area contributed by atoms with Crippen LogP contribution in [0.5, 0.6) is 5.75 Å². The molecular formula is C98H80B2N4OS. The van der Waals surface area contributed by atoms with Crippen molar-refractivity contribution in [2.75, 3.05) is 19.6 Å². The van der Waals surface area contributed by atoms with Gasteiger partial charge in [0.25, 0.3) is 0 Å². The number of hydrogen-bond acceptors (Lipinski definition) is 6. The first-order chi connectivity index (χ1) is 51.8. The number of para-hydroxylation sites is 5. The molecule has 0 fully saturated rings. The second-order valence-corrected chi connectivity index (χ2v) is 32.2. The Balaban J connectivity index is 0.891. The van der Waals surface area contributed by atoms with E-state index in [1.807, 2.05) is 11.8 Å². The minimum absolute atomic E-state index is 0.0380. The van der Waals surface area contributed by atoms with Gasteiger partial charge in [0.2, 0.25) is 13.4 Å². The van der Waals surface area contributed by atoms with Gasteiger partial charge in [0, 0.05) is 77.9 Å². The van der Waals surface area contributed by atoms with Crippen molar-refractivity contribution >= 4 is 104 Å². The van der Waals surface area contributed by atoms with E-state index in [4.69, 9.17) is 4.74 Å². The van der Waals surface area contributed by atoms with Crippen molar-refractivity contribution in [1.29, 1.82) is 0 Å². The number of rotatable bonds is 12. The minimum Gasteiger partial charge on any atom is -0.463 e. The summed E-state index contributed by atoms with van der Waals surface area (Å²) in [5.41, 5.74) is 29.6. The largest absolute Gasteiger partial charge is 0.463 e. The highest BCUT2D eigenvalue weighted by Gasteiger charge is 2.54. The quantitative estimate of drug-likeness (QED) is 0.113. The molecule has 13 aromatic carbocycles. The molecule has 0 saturated heterocycles. The maximum absolute atomic E-state index is 7.58. The van der Waals surface area contributed by atoms with E-state index in [2.05, 4.69) is 407 Å². The predicted octanol–water partition coefficient (Wildman–Crippen LogP) is 22.2. The third-order valence-corrected chi connectivity index (χ3v) is 23.7. The minimum atomic E-state index is -0.273. The lowest BCUT2D eigenvalue weighted by Gasteiger charge is -2.51. The zero-order valence-corrected chi connectivity index (χ0v) is 61.4. The topological polar surface area (TPSA) is 22.2 Å². The van der Waals surface area contributed by atoms with Crippen LogP contribution in [0, 0.1) is 0 Å². The molecule has 0 N–H and O–H groups in total. The number of hydrogen-bond donors (Lipinski definition) is 0. The Morgan fingerprint density at radius 3 is 1.58 bits per heavy atom. The number of nitrogens with zero attached hydrogens (tertiary/aromatic N) is 4. The molecule has 106 heavy (non-hydrogen) atoms. The number of anilines is 9. The smallest absolute Gasteiger partial charge is 0.249 e. The number of fused-ring (bicyclic) bond motifs is 8. The molecule has 510 valence electrons. The monoisotopic (exact) mass is 1380 g/mol. The standard InChI is InChI=1S/C98H80B2N4OS/c1-97(2,3)71-52-46-68(47-53-71)80-40-27-41-81(69-48-54-72(55-49-69)98(4,5)6)96(80)104-87-64-92-85(63-84(87)100-83-43-23-25-45-90(83)105-91-61-78(59-88(104)94(91)100)101(73-33-16-9-17-34-73)74-35-18-10-19-36-74)99-82-42-22-24-44-86(82)103(75-37-20-11-21-38-75)89-60-79(62-93(106-92)95(89)99)102(76-56-50-67(51-57-76)65-28-12-7-13-29-65)77-39-26-32-70(58-77)66-30-14-8-15-31-66/h7-37,39-64,75,88,94H,38H2,1-6H3. The zero-order valence-electron chi connectivity index (χ0n) is 60.6. The van der Waals surface area contributed by atoms with Crippen molar-refractivity contribution in [1.82, 2.24) is 0 Å². The van der Waals surface area contributed by atoms with Crippen LogP contribution in [-0.2, 0) is 10.8 Å². The highest BCUT2D eigenvalue weighted by molar-refractivity contribution is 8.00. The van der Waals surface area contributed by atoms with E-state index in [9.17, 15) is 0 Å². The number of benzene rings is 13. The first-order valence-electron chi connectivity index (χ1n) is 37.5. The van der Waals surface area contributed by atoms with E-state index in [-0.39, 0.29) is 42.2 Å². The van der Waals surface area contributed by atoms with Gasteiger partial charge in [-0.15, -0.1) is 0 Å². The molecular weight excluding hydrogens is 1300 g/mol. The van der Waals surface area contributed by atoms with Gasteiger partial charge in [-0.2, -0.15) is 0 Å². The van der Waals surface area contributed by atoms with Crippen molar-refractivity contribution < 1.29 is 4.74 Å². The lowest BCUT2D eigenvalue weighted by Crippen LogP contribution is -2.65. The molecule has 0 amide bonds. The Morgan fingerprint density at radius 2 is 0.953 bits per heavy atom. The van der Waals surface area contributed by atoms with E-state index in [1.54, 1.807) is 0 Å². The molecule has 4 heterocycles. The Labute approximate surface area is 629 Å². The third kappa shape index (κ3) is 11.4. The highest BCUT2D eigenvalue weighted by atomic mass is 32.2. The van der Waals surface area contributed by atoms with E-state index in [1.165, 1.54) is 93.1 Å². The van der Waals surface area contributed by atoms with E-state index < -0.39 is 0 Å². The van der Waals surface area contributed by atoms with Crippen LogP contribution in [0.3, 0.4) is 0 Å². The fourth-order valence-electron chi connectivity index (χ4n) is 17.5. The number of allylic oxidation sites excluding steroid dienone is 3. The average molecular weight is 1380 g/mol. The summed E-state index contributed by atoms with van der Waals surface area (Å²) >= 11 is 1.94. The fraction of sp³-hybridized carbons (Fsp3) is 0.122. The van der Waals surface area contributed by atoms with E-state index in [0.29, 0.717) is 0 Å². The van der Waals surface area contributed by atoms with E-state index >= 15 is 0 Å². The van der Waals surface area contributed by atoms with Gasteiger partial charge in [0.1, 0.15) is 11.5 Å². The molecule has 3 unspecified atom stereocenters. The van der Waals surface area contributed by atoms with Crippen LogP contribution in [0.25, 0.3) is 44.5 Å². The summed E-state index contributed by atoms with van der Waals surface area (Å²) in [5, 5.41) is 0. The van der Waals surface area contributed by atoms with Crippen LogP contribution in [0.4, 0.5) is 51.2 Å². The molecule has 0 bridgehead atoms. The van der Waals surface area contributed by atoms with Gasteiger partial charge in [-0.3, -0.25) is 0 Å². The molecule has 4 aliphatic heterocycles. The van der Waals surface area contributed by atoms with Crippen molar-refractivity contribution in [3.63, 3.8) is 0 Å². The second-order valence-electron chi connectivity index (χ2n) is 31.1. The normalized spacial score (nSPS) is 16.5.